The van der Waals surface area contributed by atoms with Crippen LogP contribution in [0.1, 0.15) is 42.7 Å². The molecule has 1 aromatic heterocycles. The summed E-state index contributed by atoms with van der Waals surface area (Å²) in [5.41, 5.74) is 2.40. The number of amides is 1. The van der Waals surface area contributed by atoms with E-state index in [9.17, 15) is 4.79 Å². The quantitative estimate of drug-likeness (QED) is 0.910. The van der Waals surface area contributed by atoms with Gasteiger partial charge in [0.1, 0.15) is 5.82 Å². The van der Waals surface area contributed by atoms with Gasteiger partial charge >= 0.3 is 0 Å². The van der Waals surface area contributed by atoms with Crippen molar-refractivity contribution in [1.82, 2.24) is 10.3 Å². The molecule has 1 aromatic carbocycles. The highest BCUT2D eigenvalue weighted by Gasteiger charge is 2.43. The van der Waals surface area contributed by atoms with Gasteiger partial charge in [-0.15, -0.1) is 0 Å². The Hall–Kier alpha value is -2.36. The smallest absolute Gasteiger partial charge is 0.224 e. The molecule has 1 amide bonds. The molecule has 1 N–H and O–H groups in total. The first-order valence-electron chi connectivity index (χ1n) is 9.34. The lowest BCUT2D eigenvalue weighted by atomic mass is 10.1. The summed E-state index contributed by atoms with van der Waals surface area (Å²) in [4.78, 5) is 19.4. The Morgan fingerprint density at radius 2 is 1.88 bits per heavy atom. The molecule has 130 valence electrons. The number of aromatic nitrogens is 1. The Kier molecular flexibility index (Phi) is 4.68. The lowest BCUT2D eigenvalue weighted by Gasteiger charge is -2.29. The number of pyridine rings is 1. The largest absolute Gasteiger partial charge is 0.356 e. The van der Waals surface area contributed by atoms with Crippen LogP contribution in [0.4, 0.5) is 5.82 Å². The molecular weight excluding hydrogens is 310 g/mol. The van der Waals surface area contributed by atoms with Gasteiger partial charge in [-0.25, -0.2) is 4.98 Å². The Bertz CT molecular complexity index is 725. The van der Waals surface area contributed by atoms with Gasteiger partial charge in [0.15, 0.2) is 0 Å². The number of nitrogens with zero attached hydrogens (tertiary/aromatic N) is 2. The molecule has 2 atom stereocenters. The molecule has 4 rings (SSSR count). The van der Waals surface area contributed by atoms with E-state index in [0.717, 1.165) is 30.9 Å². The Morgan fingerprint density at radius 3 is 2.68 bits per heavy atom. The van der Waals surface area contributed by atoms with Gasteiger partial charge < -0.3 is 10.2 Å². The van der Waals surface area contributed by atoms with Crippen molar-refractivity contribution in [3.05, 3.63) is 59.8 Å². The number of benzene rings is 1. The van der Waals surface area contributed by atoms with Crippen molar-refractivity contribution in [2.75, 3.05) is 18.0 Å². The predicted molar refractivity (Wildman–Crippen MR) is 99.4 cm³/mol. The van der Waals surface area contributed by atoms with Crippen LogP contribution in [-0.2, 0) is 11.3 Å². The van der Waals surface area contributed by atoms with Crippen LogP contribution in [0.25, 0.3) is 0 Å². The molecule has 1 saturated heterocycles. The number of hydrogen-bond donors (Lipinski definition) is 1. The van der Waals surface area contributed by atoms with E-state index < -0.39 is 0 Å². The summed E-state index contributed by atoms with van der Waals surface area (Å²) in [5, 5.41) is 3.13. The van der Waals surface area contributed by atoms with Crippen LogP contribution in [-0.4, -0.2) is 24.0 Å². The van der Waals surface area contributed by atoms with Crippen LogP contribution >= 0.6 is 0 Å². The molecular formula is C21H25N3O. The first-order chi connectivity index (χ1) is 12.3. The summed E-state index contributed by atoms with van der Waals surface area (Å²) in [6.07, 6.45) is 6.56. The van der Waals surface area contributed by atoms with Crippen molar-refractivity contribution in [2.45, 2.75) is 38.1 Å². The molecule has 2 aliphatic rings. The number of nitrogens with one attached hydrogen (secondary N) is 1. The lowest BCUT2D eigenvalue weighted by Crippen LogP contribution is -2.32. The summed E-state index contributed by atoms with van der Waals surface area (Å²) in [5.74, 6) is 1.72. The summed E-state index contributed by atoms with van der Waals surface area (Å²) in [6.45, 7) is 2.70. The van der Waals surface area contributed by atoms with Crippen LogP contribution in [0.2, 0.25) is 0 Å². The highest BCUT2D eigenvalue weighted by atomic mass is 16.2. The van der Waals surface area contributed by atoms with Crippen LogP contribution in [0.15, 0.2) is 48.7 Å². The number of carbonyl (C=O) groups excluding carboxylic acids is 1. The van der Waals surface area contributed by atoms with E-state index >= 15 is 0 Å². The van der Waals surface area contributed by atoms with Crippen molar-refractivity contribution >= 4 is 11.7 Å². The monoisotopic (exact) mass is 335 g/mol. The van der Waals surface area contributed by atoms with Gasteiger partial charge in [-0.1, -0.05) is 36.4 Å². The molecule has 25 heavy (non-hydrogen) atoms. The maximum Gasteiger partial charge on any atom is 0.224 e. The standard InChI is InChI=1S/C21H25N3O/c25-21(19-14-18(19)16-8-3-1-4-9-16)23-15-17-10-7-11-22-20(17)24-12-5-2-6-13-24/h1,3-4,7-11,18-19H,2,5-6,12-15H2,(H,23,25)/t18-,19-/m1/s1. The lowest BCUT2D eigenvalue weighted by molar-refractivity contribution is -0.122. The van der Waals surface area contributed by atoms with Crippen LogP contribution in [0.5, 0.6) is 0 Å². The van der Waals surface area contributed by atoms with E-state index in [2.05, 4.69) is 33.4 Å². The molecule has 1 aliphatic heterocycles. The first kappa shape index (κ1) is 16.1. The van der Waals surface area contributed by atoms with Crippen molar-refractivity contribution in [1.29, 1.82) is 0 Å². The van der Waals surface area contributed by atoms with Crippen LogP contribution in [0.3, 0.4) is 0 Å². The average Bonchev–Trinajstić information content (AvgIpc) is 3.49. The molecule has 4 heteroatoms. The highest BCUT2D eigenvalue weighted by Crippen LogP contribution is 2.47. The van der Waals surface area contributed by atoms with E-state index in [1.54, 1.807) is 0 Å². The third-order valence-corrected chi connectivity index (χ3v) is 5.33. The van der Waals surface area contributed by atoms with Crippen molar-refractivity contribution in [3.8, 4) is 0 Å². The fraction of sp³-hybridized carbons (Fsp3) is 0.429. The van der Waals surface area contributed by atoms with Crippen molar-refractivity contribution in [3.63, 3.8) is 0 Å². The Balaban J connectivity index is 1.37. The van der Waals surface area contributed by atoms with E-state index in [4.69, 9.17) is 0 Å². The fourth-order valence-electron chi connectivity index (χ4n) is 3.83. The second kappa shape index (κ2) is 7.26. The zero-order valence-electron chi connectivity index (χ0n) is 14.5. The third-order valence-electron chi connectivity index (χ3n) is 5.33. The number of hydrogen-bond acceptors (Lipinski definition) is 3. The van der Waals surface area contributed by atoms with Gasteiger partial charge in [-0.3, -0.25) is 4.79 Å². The SMILES string of the molecule is O=C(NCc1cccnc1N1CCCCC1)[C@@H]1C[C@@H]1c1ccccc1. The van der Waals surface area contributed by atoms with Gasteiger partial charge in [-0.2, -0.15) is 0 Å². The minimum atomic E-state index is 0.123. The molecule has 4 nitrogen and oxygen atoms in total. The molecule has 2 fully saturated rings. The minimum Gasteiger partial charge on any atom is -0.356 e. The summed E-state index contributed by atoms with van der Waals surface area (Å²) < 4.78 is 0. The van der Waals surface area contributed by atoms with Gasteiger partial charge in [0.05, 0.1) is 0 Å². The van der Waals surface area contributed by atoms with E-state index in [1.807, 2.05) is 30.5 Å². The van der Waals surface area contributed by atoms with Crippen LogP contribution < -0.4 is 10.2 Å². The topological polar surface area (TPSA) is 45.2 Å². The van der Waals surface area contributed by atoms with Gasteiger partial charge in [0.25, 0.3) is 0 Å². The Morgan fingerprint density at radius 1 is 1.08 bits per heavy atom. The zero-order valence-corrected chi connectivity index (χ0v) is 14.5. The van der Waals surface area contributed by atoms with Crippen molar-refractivity contribution in [2.24, 2.45) is 5.92 Å². The summed E-state index contributed by atoms with van der Waals surface area (Å²) in [7, 11) is 0. The number of anilines is 1. The molecule has 1 aliphatic carbocycles. The van der Waals surface area contributed by atoms with E-state index in [1.165, 1.54) is 24.8 Å². The number of piperidine rings is 1. The van der Waals surface area contributed by atoms with Crippen molar-refractivity contribution < 1.29 is 4.79 Å². The Labute approximate surface area is 149 Å². The van der Waals surface area contributed by atoms with Gasteiger partial charge in [0.2, 0.25) is 5.91 Å². The second-order valence-electron chi connectivity index (χ2n) is 7.11. The highest BCUT2D eigenvalue weighted by molar-refractivity contribution is 5.83. The average molecular weight is 335 g/mol. The minimum absolute atomic E-state index is 0.123. The predicted octanol–water partition coefficient (Wildman–Crippen LogP) is 3.49. The summed E-state index contributed by atoms with van der Waals surface area (Å²) >= 11 is 0. The molecule has 0 radical (unpaired) electrons. The van der Waals surface area contributed by atoms with Gasteiger partial charge in [-0.05, 0) is 43.2 Å². The fourth-order valence-corrected chi connectivity index (χ4v) is 3.83. The van der Waals surface area contributed by atoms with E-state index in [-0.39, 0.29) is 11.8 Å². The number of carbonyl (C=O) groups is 1. The molecule has 0 unspecified atom stereocenters. The molecule has 0 spiro atoms. The molecule has 1 saturated carbocycles. The molecule has 2 heterocycles. The van der Waals surface area contributed by atoms with Crippen LogP contribution in [0, 0.1) is 5.92 Å². The molecule has 0 bridgehead atoms. The maximum absolute atomic E-state index is 12.5. The second-order valence-corrected chi connectivity index (χ2v) is 7.11. The summed E-state index contributed by atoms with van der Waals surface area (Å²) in [6, 6.07) is 14.4. The van der Waals surface area contributed by atoms with E-state index in [0.29, 0.717) is 12.5 Å². The first-order valence-corrected chi connectivity index (χ1v) is 9.34. The van der Waals surface area contributed by atoms with Gasteiger partial charge in [0, 0.05) is 37.3 Å². The normalized spacial score (nSPS) is 22.5. The third kappa shape index (κ3) is 3.68. The zero-order chi connectivity index (χ0) is 17.1. The maximum atomic E-state index is 12.5. The molecule has 2 aromatic rings. The number of rotatable bonds is 5.